The van der Waals surface area contributed by atoms with Crippen LogP contribution in [-0.4, -0.2) is 16.9 Å². The van der Waals surface area contributed by atoms with Crippen LogP contribution in [0.5, 0.6) is 0 Å². The van der Waals surface area contributed by atoms with E-state index < -0.39 is 11.0 Å². The van der Waals surface area contributed by atoms with E-state index in [2.05, 4.69) is 20.8 Å². The Bertz CT molecular complexity index is 272. The average molecular weight is 261 g/mol. The zero-order valence-corrected chi connectivity index (χ0v) is 12.4. The quantitative estimate of drug-likeness (QED) is 0.563. The molecule has 1 unspecified atom stereocenters. The van der Waals surface area contributed by atoms with E-state index in [1.165, 1.54) is 12.8 Å². The van der Waals surface area contributed by atoms with E-state index in [0.717, 1.165) is 12.8 Å². The largest absolute Gasteiger partial charge is 0.458 e. The van der Waals surface area contributed by atoms with Crippen molar-refractivity contribution < 1.29 is 9.53 Å². The van der Waals surface area contributed by atoms with Crippen LogP contribution < -0.4 is 0 Å². The molecule has 0 spiro atoms. The predicted molar refractivity (Wildman–Crippen MR) is 71.2 cm³/mol. The van der Waals surface area contributed by atoms with Crippen molar-refractivity contribution in [2.24, 2.45) is 11.3 Å². The number of ether oxygens (including phenoxy) is 1. The second-order valence-electron chi connectivity index (χ2n) is 6.63. The molecule has 1 atom stereocenters. The molecule has 0 saturated heterocycles. The molecule has 0 aromatic heterocycles. The molecule has 0 N–H and O–H groups in total. The molecular formula is C14H25ClO2. The summed E-state index contributed by atoms with van der Waals surface area (Å²) >= 11 is 6.22. The zero-order valence-electron chi connectivity index (χ0n) is 11.7. The predicted octanol–water partition coefficient (Wildman–Crippen LogP) is 4.15. The van der Waals surface area contributed by atoms with Gasteiger partial charge in [-0.05, 0) is 32.6 Å². The molecule has 0 amide bonds. The van der Waals surface area contributed by atoms with Crippen molar-refractivity contribution >= 4 is 17.6 Å². The number of hydrogen-bond acceptors (Lipinski definition) is 2. The van der Waals surface area contributed by atoms with Gasteiger partial charge in [-0.25, -0.2) is 0 Å². The number of carbonyl (C=O) groups is 1. The summed E-state index contributed by atoms with van der Waals surface area (Å²) in [5, 5.41) is -0.473. The van der Waals surface area contributed by atoms with Gasteiger partial charge in [0.15, 0.2) is 0 Å². The van der Waals surface area contributed by atoms with Crippen molar-refractivity contribution in [1.29, 1.82) is 0 Å². The van der Waals surface area contributed by atoms with Gasteiger partial charge in [-0.15, -0.1) is 11.6 Å². The Kier molecular flexibility index (Phi) is 4.51. The van der Waals surface area contributed by atoms with Crippen molar-refractivity contribution in [2.75, 3.05) is 0 Å². The van der Waals surface area contributed by atoms with Gasteiger partial charge in [0.1, 0.15) is 11.0 Å². The lowest BCUT2D eigenvalue weighted by atomic mass is 9.79. The molecule has 0 radical (unpaired) electrons. The van der Waals surface area contributed by atoms with Crippen LogP contribution in [0.2, 0.25) is 0 Å². The fraction of sp³-hybridized carbons (Fsp3) is 0.929. The first kappa shape index (κ1) is 14.8. The van der Waals surface area contributed by atoms with Crippen LogP contribution in [0.3, 0.4) is 0 Å². The molecule has 1 rings (SSSR count). The minimum Gasteiger partial charge on any atom is -0.458 e. The summed E-state index contributed by atoms with van der Waals surface area (Å²) in [4.78, 5) is 12.0. The monoisotopic (exact) mass is 260 g/mol. The number of halogens is 1. The van der Waals surface area contributed by atoms with Gasteiger partial charge >= 0.3 is 5.97 Å². The molecule has 1 aliphatic rings. The Morgan fingerprint density at radius 3 is 2.06 bits per heavy atom. The SMILES string of the molecule is CC(C)(C)C(C)(C)OC(=O)C(Cl)C1CCCC1. The van der Waals surface area contributed by atoms with E-state index >= 15 is 0 Å². The van der Waals surface area contributed by atoms with Gasteiger partial charge in [0.05, 0.1) is 0 Å². The molecule has 2 nitrogen and oxygen atoms in total. The van der Waals surface area contributed by atoms with Crippen molar-refractivity contribution in [2.45, 2.75) is 71.3 Å². The smallest absolute Gasteiger partial charge is 0.324 e. The third-order valence-electron chi connectivity index (χ3n) is 4.20. The van der Waals surface area contributed by atoms with Gasteiger partial charge in [-0.1, -0.05) is 33.6 Å². The zero-order chi connectivity index (χ0) is 13.3. The van der Waals surface area contributed by atoms with E-state index in [1.807, 2.05) is 13.8 Å². The number of hydrogen-bond donors (Lipinski definition) is 0. The summed E-state index contributed by atoms with van der Waals surface area (Å²) in [5.74, 6) is 0.0541. The molecule has 1 aliphatic carbocycles. The molecule has 1 saturated carbocycles. The topological polar surface area (TPSA) is 26.3 Å². The maximum absolute atomic E-state index is 12.0. The first-order chi connectivity index (χ1) is 7.65. The van der Waals surface area contributed by atoms with E-state index in [4.69, 9.17) is 16.3 Å². The number of alkyl halides is 1. The van der Waals surface area contributed by atoms with Gasteiger partial charge in [-0.2, -0.15) is 0 Å². The molecular weight excluding hydrogens is 236 g/mol. The fourth-order valence-electron chi connectivity index (χ4n) is 1.90. The van der Waals surface area contributed by atoms with Crippen LogP contribution >= 0.6 is 11.6 Å². The molecule has 17 heavy (non-hydrogen) atoms. The highest BCUT2D eigenvalue weighted by Gasteiger charge is 2.39. The number of esters is 1. The van der Waals surface area contributed by atoms with E-state index in [0.29, 0.717) is 5.92 Å². The van der Waals surface area contributed by atoms with Crippen molar-refractivity contribution in [3.05, 3.63) is 0 Å². The number of rotatable bonds is 3. The lowest BCUT2D eigenvalue weighted by molar-refractivity contribution is -0.167. The van der Waals surface area contributed by atoms with Crippen LogP contribution in [0.4, 0.5) is 0 Å². The molecule has 100 valence electrons. The van der Waals surface area contributed by atoms with Crippen molar-refractivity contribution in [3.8, 4) is 0 Å². The molecule has 0 bridgehead atoms. The first-order valence-electron chi connectivity index (χ1n) is 6.52. The Morgan fingerprint density at radius 1 is 1.18 bits per heavy atom. The number of carbonyl (C=O) groups excluding carboxylic acids is 1. The third-order valence-corrected chi connectivity index (χ3v) is 4.74. The highest BCUT2D eigenvalue weighted by atomic mass is 35.5. The molecule has 1 fully saturated rings. The van der Waals surface area contributed by atoms with Gasteiger partial charge in [0.2, 0.25) is 0 Å². The van der Waals surface area contributed by atoms with Crippen LogP contribution in [0.1, 0.15) is 60.3 Å². The summed E-state index contributed by atoms with van der Waals surface area (Å²) in [7, 11) is 0. The van der Waals surface area contributed by atoms with Crippen LogP contribution in [0.25, 0.3) is 0 Å². The van der Waals surface area contributed by atoms with Crippen LogP contribution in [-0.2, 0) is 9.53 Å². The summed E-state index contributed by atoms with van der Waals surface area (Å²) in [6.07, 6.45) is 4.48. The van der Waals surface area contributed by atoms with Gasteiger partial charge in [0.25, 0.3) is 0 Å². The minimum absolute atomic E-state index is 0.0883. The molecule has 0 aromatic carbocycles. The maximum Gasteiger partial charge on any atom is 0.324 e. The molecule has 0 aliphatic heterocycles. The van der Waals surface area contributed by atoms with E-state index in [-0.39, 0.29) is 11.4 Å². The van der Waals surface area contributed by atoms with Gasteiger partial charge in [-0.3, -0.25) is 4.79 Å². The Hall–Kier alpha value is -0.240. The van der Waals surface area contributed by atoms with Crippen molar-refractivity contribution in [1.82, 2.24) is 0 Å². The summed E-state index contributed by atoms with van der Waals surface area (Å²) < 4.78 is 5.61. The Labute approximate surface area is 110 Å². The lowest BCUT2D eigenvalue weighted by Crippen LogP contribution is -2.43. The summed E-state index contributed by atoms with van der Waals surface area (Å²) in [5.41, 5.74) is -0.579. The molecule has 0 heterocycles. The molecule has 0 aromatic rings. The summed E-state index contributed by atoms with van der Waals surface area (Å²) in [6.45, 7) is 10.1. The second kappa shape index (κ2) is 5.17. The van der Waals surface area contributed by atoms with Gasteiger partial charge in [0, 0.05) is 5.41 Å². The van der Waals surface area contributed by atoms with Gasteiger partial charge < -0.3 is 4.74 Å². The molecule has 3 heteroatoms. The summed E-state index contributed by atoms with van der Waals surface area (Å²) in [6, 6.07) is 0. The standard InChI is InChI=1S/C14H25ClO2/c1-13(2,3)14(4,5)17-12(16)11(15)10-8-6-7-9-10/h10-11H,6-9H2,1-5H3. The second-order valence-corrected chi connectivity index (χ2v) is 7.10. The fourth-order valence-corrected chi connectivity index (χ4v) is 2.20. The first-order valence-corrected chi connectivity index (χ1v) is 6.96. The Balaban J connectivity index is 2.59. The maximum atomic E-state index is 12.0. The van der Waals surface area contributed by atoms with Crippen molar-refractivity contribution in [3.63, 3.8) is 0 Å². The lowest BCUT2D eigenvalue weighted by Gasteiger charge is -2.38. The van der Waals surface area contributed by atoms with Crippen LogP contribution in [0.15, 0.2) is 0 Å². The van der Waals surface area contributed by atoms with Crippen LogP contribution in [0, 0.1) is 11.3 Å². The average Bonchev–Trinajstić information content (AvgIpc) is 2.66. The highest BCUT2D eigenvalue weighted by molar-refractivity contribution is 6.30. The highest BCUT2D eigenvalue weighted by Crippen LogP contribution is 2.36. The Morgan fingerprint density at radius 2 is 1.65 bits per heavy atom. The normalized spacial score (nSPS) is 20.4. The van der Waals surface area contributed by atoms with E-state index in [1.54, 1.807) is 0 Å². The minimum atomic E-state index is -0.490. The third kappa shape index (κ3) is 3.61. The van der Waals surface area contributed by atoms with E-state index in [9.17, 15) is 4.79 Å².